The van der Waals surface area contributed by atoms with E-state index < -0.39 is 18.6 Å². The van der Waals surface area contributed by atoms with Gasteiger partial charge in [-0.3, -0.25) is 4.79 Å². The van der Waals surface area contributed by atoms with Crippen LogP contribution in [0.1, 0.15) is 18.6 Å². The van der Waals surface area contributed by atoms with Gasteiger partial charge in [-0.05, 0) is 12.5 Å². The number of likely N-dealkylation sites (N-methyl/N-ethyl adjacent to an activating group) is 1. The predicted octanol–water partition coefficient (Wildman–Crippen LogP) is 0.559. The van der Waals surface area contributed by atoms with E-state index >= 15 is 0 Å². The molecule has 0 aliphatic carbocycles. The molecular weight excluding hydrogens is 206 g/mol. The van der Waals surface area contributed by atoms with Gasteiger partial charge in [-0.15, -0.1) is 0 Å². The van der Waals surface area contributed by atoms with E-state index in [2.05, 4.69) is 0 Å². The standard InChI is InChI=1S/C12H17NO3/c1-9(13(2)11(15)8-14)12(16)10-6-4-3-5-7-10/h3-7,9,12,14,16H,8H2,1-2H3/t9-,12+/m1/s1. The van der Waals surface area contributed by atoms with E-state index in [1.807, 2.05) is 18.2 Å². The molecule has 0 unspecified atom stereocenters. The van der Waals surface area contributed by atoms with Crippen LogP contribution in [-0.4, -0.2) is 40.7 Å². The number of hydrogen-bond acceptors (Lipinski definition) is 3. The molecule has 0 aliphatic rings. The third kappa shape index (κ3) is 2.81. The number of carbonyl (C=O) groups excluding carboxylic acids is 1. The molecule has 0 bridgehead atoms. The molecular formula is C12H17NO3. The normalized spacial score (nSPS) is 14.2. The van der Waals surface area contributed by atoms with Crippen LogP contribution in [0.2, 0.25) is 0 Å². The van der Waals surface area contributed by atoms with Crippen molar-refractivity contribution in [3.05, 3.63) is 35.9 Å². The quantitative estimate of drug-likeness (QED) is 0.784. The van der Waals surface area contributed by atoms with Gasteiger partial charge in [0.1, 0.15) is 6.61 Å². The maximum atomic E-state index is 11.3. The number of amides is 1. The van der Waals surface area contributed by atoms with Crippen molar-refractivity contribution in [3.8, 4) is 0 Å². The van der Waals surface area contributed by atoms with Gasteiger partial charge in [-0.2, -0.15) is 0 Å². The minimum absolute atomic E-state index is 0.373. The van der Waals surface area contributed by atoms with Crippen molar-refractivity contribution >= 4 is 5.91 Å². The van der Waals surface area contributed by atoms with E-state index in [-0.39, 0.29) is 6.04 Å². The molecule has 4 nitrogen and oxygen atoms in total. The van der Waals surface area contributed by atoms with Crippen LogP contribution in [0.5, 0.6) is 0 Å². The maximum Gasteiger partial charge on any atom is 0.248 e. The SMILES string of the molecule is C[C@H]([C@H](O)c1ccccc1)N(C)C(=O)CO. The molecule has 2 N–H and O–H groups in total. The van der Waals surface area contributed by atoms with Gasteiger partial charge in [0.05, 0.1) is 12.1 Å². The molecule has 1 aromatic rings. The molecule has 0 heterocycles. The van der Waals surface area contributed by atoms with Gasteiger partial charge in [0.25, 0.3) is 0 Å². The molecule has 1 aromatic carbocycles. The minimum Gasteiger partial charge on any atom is -0.387 e. The molecule has 2 atom stereocenters. The number of benzene rings is 1. The Bertz CT molecular complexity index is 339. The summed E-state index contributed by atoms with van der Waals surface area (Å²) in [4.78, 5) is 12.6. The van der Waals surface area contributed by atoms with Gasteiger partial charge in [0.15, 0.2) is 0 Å². The van der Waals surface area contributed by atoms with Crippen molar-refractivity contribution in [1.82, 2.24) is 4.90 Å². The Kier molecular flexibility index (Phi) is 4.46. The molecule has 0 aromatic heterocycles. The molecule has 1 rings (SSSR count). The number of nitrogens with zero attached hydrogens (tertiary/aromatic N) is 1. The molecule has 0 fully saturated rings. The Labute approximate surface area is 95.1 Å². The van der Waals surface area contributed by atoms with Crippen molar-refractivity contribution in [2.45, 2.75) is 19.1 Å². The molecule has 16 heavy (non-hydrogen) atoms. The number of hydrogen-bond donors (Lipinski definition) is 2. The van der Waals surface area contributed by atoms with Crippen LogP contribution in [-0.2, 0) is 4.79 Å². The van der Waals surface area contributed by atoms with Crippen LogP contribution < -0.4 is 0 Å². The van der Waals surface area contributed by atoms with E-state index in [4.69, 9.17) is 5.11 Å². The Hall–Kier alpha value is -1.39. The topological polar surface area (TPSA) is 60.8 Å². The van der Waals surface area contributed by atoms with Crippen molar-refractivity contribution in [2.24, 2.45) is 0 Å². The van der Waals surface area contributed by atoms with Gasteiger partial charge in [-0.25, -0.2) is 0 Å². The Balaban J connectivity index is 2.74. The predicted molar refractivity (Wildman–Crippen MR) is 60.7 cm³/mol. The third-order valence-electron chi connectivity index (χ3n) is 2.74. The number of aliphatic hydroxyl groups excluding tert-OH is 2. The minimum atomic E-state index is -0.748. The fourth-order valence-electron chi connectivity index (χ4n) is 1.48. The van der Waals surface area contributed by atoms with Gasteiger partial charge in [0.2, 0.25) is 5.91 Å². The summed E-state index contributed by atoms with van der Waals surface area (Å²) in [6, 6.07) is 8.76. The highest BCUT2D eigenvalue weighted by Crippen LogP contribution is 2.19. The lowest BCUT2D eigenvalue weighted by Gasteiger charge is -2.28. The zero-order valence-corrected chi connectivity index (χ0v) is 9.50. The van der Waals surface area contributed by atoms with Crippen LogP contribution in [0.25, 0.3) is 0 Å². The molecule has 0 saturated carbocycles. The lowest BCUT2D eigenvalue weighted by Crippen LogP contribution is -2.40. The van der Waals surface area contributed by atoms with Gasteiger partial charge in [-0.1, -0.05) is 30.3 Å². The Morgan fingerprint density at radius 1 is 1.38 bits per heavy atom. The second-order valence-electron chi connectivity index (χ2n) is 3.76. The zero-order valence-electron chi connectivity index (χ0n) is 9.50. The Morgan fingerprint density at radius 3 is 2.44 bits per heavy atom. The molecule has 1 amide bonds. The molecule has 0 radical (unpaired) electrons. The van der Waals surface area contributed by atoms with Crippen LogP contribution in [0.15, 0.2) is 30.3 Å². The van der Waals surface area contributed by atoms with Gasteiger partial charge >= 0.3 is 0 Å². The first-order valence-electron chi connectivity index (χ1n) is 5.17. The highest BCUT2D eigenvalue weighted by atomic mass is 16.3. The van der Waals surface area contributed by atoms with Crippen molar-refractivity contribution in [1.29, 1.82) is 0 Å². The molecule has 4 heteroatoms. The summed E-state index contributed by atoms with van der Waals surface area (Å²) >= 11 is 0. The second-order valence-corrected chi connectivity index (χ2v) is 3.76. The summed E-state index contributed by atoms with van der Waals surface area (Å²) in [6.07, 6.45) is -0.748. The van der Waals surface area contributed by atoms with Gasteiger partial charge < -0.3 is 15.1 Å². The van der Waals surface area contributed by atoms with Gasteiger partial charge in [0, 0.05) is 7.05 Å². The van der Waals surface area contributed by atoms with Crippen LogP contribution in [0.4, 0.5) is 0 Å². The number of aliphatic hydroxyl groups is 2. The lowest BCUT2D eigenvalue weighted by atomic mass is 10.0. The van der Waals surface area contributed by atoms with E-state index in [0.717, 1.165) is 5.56 Å². The number of rotatable bonds is 4. The molecule has 88 valence electrons. The Morgan fingerprint density at radius 2 is 1.94 bits per heavy atom. The van der Waals surface area contributed by atoms with E-state index in [1.165, 1.54) is 4.90 Å². The average molecular weight is 223 g/mol. The second kappa shape index (κ2) is 5.63. The summed E-state index contributed by atoms with van der Waals surface area (Å²) in [6.45, 7) is 1.20. The first kappa shape index (κ1) is 12.7. The fourth-order valence-corrected chi connectivity index (χ4v) is 1.48. The van der Waals surface area contributed by atoms with Crippen LogP contribution >= 0.6 is 0 Å². The van der Waals surface area contributed by atoms with Crippen molar-refractivity contribution in [2.75, 3.05) is 13.7 Å². The maximum absolute atomic E-state index is 11.3. The van der Waals surface area contributed by atoms with Crippen LogP contribution in [0, 0.1) is 0 Å². The average Bonchev–Trinajstić information content (AvgIpc) is 2.36. The van der Waals surface area contributed by atoms with E-state index in [0.29, 0.717) is 0 Å². The first-order valence-corrected chi connectivity index (χ1v) is 5.17. The summed E-state index contributed by atoms with van der Waals surface area (Å²) in [7, 11) is 1.56. The highest BCUT2D eigenvalue weighted by molar-refractivity contribution is 5.77. The smallest absolute Gasteiger partial charge is 0.248 e. The van der Waals surface area contributed by atoms with Crippen molar-refractivity contribution < 1.29 is 15.0 Å². The lowest BCUT2D eigenvalue weighted by molar-refractivity contribution is -0.136. The fraction of sp³-hybridized carbons (Fsp3) is 0.417. The number of carbonyl (C=O) groups is 1. The van der Waals surface area contributed by atoms with Crippen molar-refractivity contribution in [3.63, 3.8) is 0 Å². The summed E-state index contributed by atoms with van der Waals surface area (Å²) in [5.74, 6) is -0.400. The highest BCUT2D eigenvalue weighted by Gasteiger charge is 2.23. The summed E-state index contributed by atoms with van der Waals surface area (Å²) < 4.78 is 0. The largest absolute Gasteiger partial charge is 0.387 e. The van der Waals surface area contributed by atoms with E-state index in [9.17, 15) is 9.90 Å². The summed E-state index contributed by atoms with van der Waals surface area (Å²) in [5, 5.41) is 18.8. The monoisotopic (exact) mass is 223 g/mol. The molecule has 0 aliphatic heterocycles. The zero-order chi connectivity index (χ0) is 12.1. The molecule has 0 saturated heterocycles. The third-order valence-corrected chi connectivity index (χ3v) is 2.74. The first-order chi connectivity index (χ1) is 7.57. The summed E-state index contributed by atoms with van der Waals surface area (Å²) in [5.41, 5.74) is 0.757. The van der Waals surface area contributed by atoms with E-state index in [1.54, 1.807) is 26.1 Å². The van der Waals surface area contributed by atoms with Crippen LogP contribution in [0.3, 0.4) is 0 Å². The molecule has 0 spiro atoms.